The highest BCUT2D eigenvalue weighted by Gasteiger charge is 2.33. The molecule has 1 aromatic carbocycles. The lowest BCUT2D eigenvalue weighted by Crippen LogP contribution is -2.25. The average molecular weight is 383 g/mol. The lowest BCUT2D eigenvalue weighted by molar-refractivity contribution is -0.140. The predicted octanol–water partition coefficient (Wildman–Crippen LogP) is 3.91. The van der Waals surface area contributed by atoms with Gasteiger partial charge in [0.2, 0.25) is 0 Å². The van der Waals surface area contributed by atoms with E-state index >= 15 is 0 Å². The molecule has 1 aromatic heterocycles. The number of aromatic nitrogens is 2. The van der Waals surface area contributed by atoms with Gasteiger partial charge in [-0.15, -0.1) is 0 Å². The molecule has 0 radical (unpaired) electrons. The van der Waals surface area contributed by atoms with Gasteiger partial charge >= 0.3 is 5.97 Å². The largest absolute Gasteiger partial charge is 0.469 e. The third kappa shape index (κ3) is 5.00. The Labute approximate surface area is 166 Å². The number of rotatable bonds is 10. The molecule has 2 aromatic rings. The van der Waals surface area contributed by atoms with E-state index < -0.39 is 0 Å². The molecule has 1 amide bonds. The minimum absolute atomic E-state index is 0.0451. The third-order valence-electron chi connectivity index (χ3n) is 5.18. The van der Waals surface area contributed by atoms with Crippen LogP contribution < -0.4 is 5.32 Å². The van der Waals surface area contributed by atoms with E-state index in [0.717, 1.165) is 55.5 Å². The molecule has 0 saturated heterocycles. The number of benzene rings is 1. The van der Waals surface area contributed by atoms with Crippen molar-refractivity contribution < 1.29 is 14.3 Å². The lowest BCUT2D eigenvalue weighted by Gasteiger charge is -2.11. The third-order valence-corrected chi connectivity index (χ3v) is 5.18. The van der Waals surface area contributed by atoms with Gasteiger partial charge in [0.05, 0.1) is 30.3 Å². The number of carbonyl (C=O) groups is 2. The minimum atomic E-state index is -0.161. The van der Waals surface area contributed by atoms with E-state index in [9.17, 15) is 9.59 Å². The van der Waals surface area contributed by atoms with E-state index in [1.807, 2.05) is 22.9 Å². The average Bonchev–Trinajstić information content (AvgIpc) is 3.45. The van der Waals surface area contributed by atoms with Crippen molar-refractivity contribution in [2.75, 3.05) is 13.7 Å². The second-order valence-corrected chi connectivity index (χ2v) is 7.41. The molecule has 1 heterocycles. The topological polar surface area (TPSA) is 73.2 Å². The van der Waals surface area contributed by atoms with Crippen LogP contribution in [0.2, 0.25) is 0 Å². The van der Waals surface area contributed by atoms with Crippen molar-refractivity contribution in [3.8, 4) is 5.69 Å². The summed E-state index contributed by atoms with van der Waals surface area (Å²) >= 11 is 0. The van der Waals surface area contributed by atoms with E-state index in [0.29, 0.717) is 24.4 Å². The number of unbranched alkanes of at least 4 members (excludes halogenated alkanes) is 3. The summed E-state index contributed by atoms with van der Waals surface area (Å²) in [6.45, 7) is 2.70. The summed E-state index contributed by atoms with van der Waals surface area (Å²) in [6, 6.07) is 8.12. The Balaban J connectivity index is 1.55. The van der Waals surface area contributed by atoms with Crippen LogP contribution in [0.25, 0.3) is 5.69 Å². The lowest BCUT2D eigenvalue weighted by atomic mass is 10.1. The Morgan fingerprint density at radius 3 is 2.64 bits per heavy atom. The number of nitrogens with zero attached hydrogens (tertiary/aromatic N) is 2. The van der Waals surface area contributed by atoms with E-state index in [1.165, 1.54) is 7.11 Å². The number of hydrogen-bond acceptors (Lipinski definition) is 4. The Morgan fingerprint density at radius 1 is 1.18 bits per heavy atom. The molecule has 28 heavy (non-hydrogen) atoms. The van der Waals surface area contributed by atoms with Crippen LogP contribution in [0.15, 0.2) is 30.5 Å². The zero-order valence-corrected chi connectivity index (χ0v) is 16.7. The van der Waals surface area contributed by atoms with Crippen molar-refractivity contribution in [1.82, 2.24) is 15.1 Å². The van der Waals surface area contributed by atoms with Gasteiger partial charge in [0.15, 0.2) is 0 Å². The molecule has 1 aliphatic rings. The Morgan fingerprint density at radius 2 is 1.93 bits per heavy atom. The smallest absolute Gasteiger partial charge is 0.305 e. The normalized spacial score (nSPS) is 13.4. The van der Waals surface area contributed by atoms with Crippen LogP contribution in [0.5, 0.6) is 0 Å². The van der Waals surface area contributed by atoms with Crippen molar-refractivity contribution in [3.63, 3.8) is 0 Å². The van der Waals surface area contributed by atoms with Crippen LogP contribution in [-0.4, -0.2) is 35.3 Å². The highest BCUT2D eigenvalue weighted by atomic mass is 16.5. The summed E-state index contributed by atoms with van der Waals surface area (Å²) in [5, 5.41) is 7.56. The van der Waals surface area contributed by atoms with Crippen molar-refractivity contribution in [2.45, 2.75) is 57.8 Å². The molecule has 0 unspecified atom stereocenters. The number of esters is 1. The summed E-state index contributed by atoms with van der Waals surface area (Å²) < 4.78 is 6.57. The summed E-state index contributed by atoms with van der Waals surface area (Å²) in [5.41, 5.74) is 3.90. The molecule has 0 aliphatic heterocycles. The second-order valence-electron chi connectivity index (χ2n) is 7.41. The molecule has 0 atom stereocenters. The first-order valence-electron chi connectivity index (χ1n) is 10.1. The number of amides is 1. The summed E-state index contributed by atoms with van der Waals surface area (Å²) in [6.07, 6.45) is 8.06. The fourth-order valence-corrected chi connectivity index (χ4v) is 3.42. The maximum atomic E-state index is 12.7. The van der Waals surface area contributed by atoms with Crippen LogP contribution in [0.1, 0.15) is 72.5 Å². The van der Waals surface area contributed by atoms with Gasteiger partial charge < -0.3 is 10.1 Å². The monoisotopic (exact) mass is 383 g/mol. The van der Waals surface area contributed by atoms with Crippen LogP contribution in [0.3, 0.4) is 0 Å². The number of aryl methyl sites for hydroxylation is 1. The molecule has 0 spiro atoms. The molecule has 1 saturated carbocycles. The quantitative estimate of drug-likeness (QED) is 0.499. The Bertz CT molecular complexity index is 824. The molecule has 1 N–H and O–H groups in total. The molecule has 6 heteroatoms. The molecular weight excluding hydrogens is 354 g/mol. The fourth-order valence-electron chi connectivity index (χ4n) is 3.42. The number of carbonyl (C=O) groups excluding carboxylic acids is 2. The van der Waals surface area contributed by atoms with Gasteiger partial charge in [-0.25, -0.2) is 4.68 Å². The van der Waals surface area contributed by atoms with Crippen LogP contribution in [0.4, 0.5) is 0 Å². The van der Waals surface area contributed by atoms with Crippen LogP contribution >= 0.6 is 0 Å². The van der Waals surface area contributed by atoms with E-state index in [-0.39, 0.29) is 11.9 Å². The van der Waals surface area contributed by atoms with Crippen molar-refractivity contribution in [3.05, 3.63) is 47.3 Å². The van der Waals surface area contributed by atoms with Gasteiger partial charge in [-0.3, -0.25) is 9.59 Å². The second kappa shape index (κ2) is 9.53. The number of para-hydroxylation sites is 1. The van der Waals surface area contributed by atoms with Gasteiger partial charge in [-0.1, -0.05) is 31.0 Å². The van der Waals surface area contributed by atoms with E-state index in [4.69, 9.17) is 0 Å². The number of methoxy groups -OCH3 is 1. The molecule has 6 nitrogen and oxygen atoms in total. The maximum absolute atomic E-state index is 12.7. The fraction of sp³-hybridized carbons (Fsp3) is 0.500. The van der Waals surface area contributed by atoms with E-state index in [2.05, 4.69) is 28.1 Å². The molecule has 1 aliphatic carbocycles. The van der Waals surface area contributed by atoms with Gasteiger partial charge in [-0.05, 0) is 44.2 Å². The first-order chi connectivity index (χ1) is 13.6. The van der Waals surface area contributed by atoms with Crippen molar-refractivity contribution >= 4 is 11.9 Å². The first kappa shape index (κ1) is 20.1. The molecular formula is C22H29N3O3. The zero-order chi connectivity index (χ0) is 19.9. The van der Waals surface area contributed by atoms with E-state index in [1.54, 1.807) is 6.20 Å². The molecule has 3 rings (SSSR count). The minimum Gasteiger partial charge on any atom is -0.469 e. The maximum Gasteiger partial charge on any atom is 0.305 e. The zero-order valence-electron chi connectivity index (χ0n) is 16.7. The summed E-state index contributed by atoms with van der Waals surface area (Å²) in [7, 11) is 1.41. The van der Waals surface area contributed by atoms with Gasteiger partial charge in [-0.2, -0.15) is 5.10 Å². The van der Waals surface area contributed by atoms with Gasteiger partial charge in [0.1, 0.15) is 0 Å². The van der Waals surface area contributed by atoms with Crippen LogP contribution in [0, 0.1) is 6.92 Å². The molecule has 1 fully saturated rings. The van der Waals surface area contributed by atoms with Crippen molar-refractivity contribution in [2.24, 2.45) is 0 Å². The standard InChI is InChI=1S/C22H29N3O3/c1-16-9-6-7-10-19(16)25-21(17-12-13-17)18(15-24-25)22(27)23-14-8-4-3-5-11-20(26)28-2/h6-7,9-10,15,17H,3-5,8,11-14H2,1-2H3,(H,23,27). The Hall–Kier alpha value is -2.63. The van der Waals surface area contributed by atoms with Gasteiger partial charge in [0.25, 0.3) is 5.91 Å². The number of nitrogens with one attached hydrogen (secondary N) is 1. The highest BCUT2D eigenvalue weighted by molar-refractivity contribution is 5.95. The van der Waals surface area contributed by atoms with Crippen LogP contribution in [-0.2, 0) is 9.53 Å². The Kier molecular flexibility index (Phi) is 6.85. The number of hydrogen-bond donors (Lipinski definition) is 1. The summed E-state index contributed by atoms with van der Waals surface area (Å²) in [4.78, 5) is 23.8. The summed E-state index contributed by atoms with van der Waals surface area (Å²) in [5.74, 6) is 0.212. The number of ether oxygens (including phenoxy) is 1. The predicted molar refractivity (Wildman–Crippen MR) is 108 cm³/mol. The SMILES string of the molecule is COC(=O)CCCCCCNC(=O)c1cnn(-c2ccccc2C)c1C1CC1. The van der Waals surface area contributed by atoms with Crippen molar-refractivity contribution in [1.29, 1.82) is 0 Å². The first-order valence-corrected chi connectivity index (χ1v) is 10.1. The molecule has 150 valence electrons. The van der Waals surface area contributed by atoms with Gasteiger partial charge in [0, 0.05) is 18.9 Å². The highest BCUT2D eigenvalue weighted by Crippen LogP contribution is 2.42. The molecule has 0 bridgehead atoms.